The Hall–Kier alpha value is -2.41. The van der Waals surface area contributed by atoms with Crippen molar-refractivity contribution < 1.29 is 14.4 Å². The number of rotatable bonds is 7. The molecule has 0 aromatic heterocycles. The Balaban J connectivity index is 2.01. The number of nitrogens with one attached hydrogen (secondary N) is 2. The lowest BCUT2D eigenvalue weighted by Crippen LogP contribution is -2.23. The van der Waals surface area contributed by atoms with Crippen molar-refractivity contribution in [2.24, 2.45) is 11.5 Å². The summed E-state index contributed by atoms with van der Waals surface area (Å²) in [6.07, 6.45) is 2.62. The van der Waals surface area contributed by atoms with Crippen molar-refractivity contribution in [2.45, 2.75) is 25.3 Å². The fourth-order valence-electron chi connectivity index (χ4n) is 1.89. The van der Waals surface area contributed by atoms with Crippen LogP contribution in [0.1, 0.15) is 40.0 Å². The van der Waals surface area contributed by atoms with Gasteiger partial charge in [-0.2, -0.15) is 0 Å². The van der Waals surface area contributed by atoms with Crippen molar-refractivity contribution in [2.75, 3.05) is 11.9 Å². The van der Waals surface area contributed by atoms with Gasteiger partial charge < -0.3 is 22.1 Å². The third-order valence-corrected chi connectivity index (χ3v) is 3.15. The standard InChI is InChI=1S/C14H18N4O3/c15-13(20)8-5-9(14(16)21)7-11(6-8)18-12(19)3-4-17-10-1-2-10/h5-7,10,17H,1-4H2,(H2,15,20)(H2,16,21)(H,18,19). The normalized spacial score (nSPS) is 13.7. The summed E-state index contributed by atoms with van der Waals surface area (Å²) in [6.45, 7) is 0.592. The molecule has 2 rings (SSSR count). The van der Waals surface area contributed by atoms with Gasteiger partial charge in [-0.05, 0) is 31.0 Å². The summed E-state index contributed by atoms with van der Waals surface area (Å²) in [7, 11) is 0. The lowest BCUT2D eigenvalue weighted by Gasteiger charge is -2.09. The van der Waals surface area contributed by atoms with Crippen LogP contribution in [0.15, 0.2) is 18.2 Å². The highest BCUT2D eigenvalue weighted by atomic mass is 16.2. The fourth-order valence-corrected chi connectivity index (χ4v) is 1.89. The average molecular weight is 290 g/mol. The number of amides is 3. The third kappa shape index (κ3) is 4.57. The molecule has 1 aromatic rings. The maximum Gasteiger partial charge on any atom is 0.248 e. The molecule has 0 saturated heterocycles. The number of nitrogens with two attached hydrogens (primary N) is 2. The minimum Gasteiger partial charge on any atom is -0.366 e. The molecule has 0 spiro atoms. The second-order valence-electron chi connectivity index (χ2n) is 5.05. The summed E-state index contributed by atoms with van der Waals surface area (Å²) in [5.74, 6) is -1.59. The second-order valence-corrected chi connectivity index (χ2v) is 5.05. The van der Waals surface area contributed by atoms with Crippen LogP contribution >= 0.6 is 0 Å². The van der Waals surface area contributed by atoms with Crippen molar-refractivity contribution >= 4 is 23.4 Å². The predicted octanol–water partition coefficient (Wildman–Crippen LogP) is -0.0350. The van der Waals surface area contributed by atoms with E-state index >= 15 is 0 Å². The van der Waals surface area contributed by atoms with Crippen molar-refractivity contribution in [3.8, 4) is 0 Å². The molecule has 1 aromatic carbocycles. The monoisotopic (exact) mass is 290 g/mol. The van der Waals surface area contributed by atoms with Crippen LogP contribution in [0, 0.1) is 0 Å². The first-order valence-corrected chi connectivity index (χ1v) is 6.73. The van der Waals surface area contributed by atoms with E-state index in [-0.39, 0.29) is 17.0 Å². The molecule has 0 atom stereocenters. The first-order valence-electron chi connectivity index (χ1n) is 6.73. The highest BCUT2D eigenvalue weighted by Gasteiger charge is 2.20. The molecule has 1 saturated carbocycles. The molecule has 0 heterocycles. The molecule has 0 radical (unpaired) electrons. The molecule has 0 unspecified atom stereocenters. The zero-order valence-corrected chi connectivity index (χ0v) is 11.5. The molecule has 0 bridgehead atoms. The molecule has 1 aliphatic rings. The first kappa shape index (κ1) is 15.0. The van der Waals surface area contributed by atoms with Crippen LogP contribution in [0.4, 0.5) is 5.69 Å². The van der Waals surface area contributed by atoms with Gasteiger partial charge in [-0.3, -0.25) is 14.4 Å². The highest BCUT2D eigenvalue weighted by Crippen LogP contribution is 2.18. The number of carbonyl (C=O) groups is 3. The van der Waals surface area contributed by atoms with E-state index < -0.39 is 11.8 Å². The van der Waals surface area contributed by atoms with Crippen LogP contribution in [0.2, 0.25) is 0 Å². The highest BCUT2D eigenvalue weighted by molar-refractivity contribution is 6.01. The summed E-state index contributed by atoms with van der Waals surface area (Å²) in [4.78, 5) is 34.2. The largest absolute Gasteiger partial charge is 0.366 e. The average Bonchev–Trinajstić information content (AvgIpc) is 3.22. The van der Waals surface area contributed by atoms with E-state index in [0.717, 1.165) is 12.8 Å². The van der Waals surface area contributed by atoms with Crippen molar-refractivity contribution in [3.63, 3.8) is 0 Å². The molecule has 112 valence electrons. The van der Waals surface area contributed by atoms with E-state index in [1.165, 1.54) is 18.2 Å². The van der Waals surface area contributed by atoms with Gasteiger partial charge in [0.1, 0.15) is 0 Å². The zero-order valence-electron chi connectivity index (χ0n) is 11.5. The van der Waals surface area contributed by atoms with E-state index in [2.05, 4.69) is 10.6 Å². The van der Waals surface area contributed by atoms with Gasteiger partial charge >= 0.3 is 0 Å². The Labute approximate surface area is 122 Å². The van der Waals surface area contributed by atoms with Gasteiger partial charge in [-0.1, -0.05) is 0 Å². The molecule has 7 heteroatoms. The van der Waals surface area contributed by atoms with Crippen molar-refractivity contribution in [1.82, 2.24) is 5.32 Å². The van der Waals surface area contributed by atoms with Gasteiger partial charge in [0.05, 0.1) is 0 Å². The molecule has 1 fully saturated rings. The van der Waals surface area contributed by atoms with Crippen LogP contribution in [0.5, 0.6) is 0 Å². The van der Waals surface area contributed by atoms with Crippen LogP contribution in [-0.2, 0) is 4.79 Å². The summed E-state index contributed by atoms with van der Waals surface area (Å²) < 4.78 is 0. The predicted molar refractivity (Wildman–Crippen MR) is 77.7 cm³/mol. The topological polar surface area (TPSA) is 127 Å². The number of anilines is 1. The Morgan fingerprint density at radius 3 is 2.10 bits per heavy atom. The number of benzene rings is 1. The van der Waals surface area contributed by atoms with Gasteiger partial charge in [0.2, 0.25) is 17.7 Å². The van der Waals surface area contributed by atoms with Crippen LogP contribution in [0.3, 0.4) is 0 Å². The SMILES string of the molecule is NC(=O)c1cc(NC(=O)CCNC2CC2)cc(C(N)=O)c1. The number of hydrogen-bond donors (Lipinski definition) is 4. The fraction of sp³-hybridized carbons (Fsp3) is 0.357. The molecule has 21 heavy (non-hydrogen) atoms. The summed E-state index contributed by atoms with van der Waals surface area (Å²) in [5.41, 5.74) is 11.0. The Bertz CT molecular complexity index is 549. The molecule has 1 aliphatic carbocycles. The molecular formula is C14H18N4O3. The minimum absolute atomic E-state index is 0.123. The van der Waals surface area contributed by atoms with Gasteiger partial charge in [0.15, 0.2) is 0 Å². The molecule has 6 N–H and O–H groups in total. The molecule has 3 amide bonds. The Morgan fingerprint density at radius 1 is 1.05 bits per heavy atom. The smallest absolute Gasteiger partial charge is 0.248 e. The van der Waals surface area contributed by atoms with Crippen LogP contribution in [-0.4, -0.2) is 30.3 Å². The third-order valence-electron chi connectivity index (χ3n) is 3.15. The summed E-state index contributed by atoms with van der Waals surface area (Å²) in [5, 5.41) is 5.86. The Kier molecular flexibility index (Phi) is 4.54. The van der Waals surface area contributed by atoms with Crippen LogP contribution in [0.25, 0.3) is 0 Å². The number of carbonyl (C=O) groups excluding carboxylic acids is 3. The lowest BCUT2D eigenvalue weighted by molar-refractivity contribution is -0.116. The Morgan fingerprint density at radius 2 is 1.62 bits per heavy atom. The second kappa shape index (κ2) is 6.36. The van der Waals surface area contributed by atoms with Gasteiger partial charge in [0.25, 0.3) is 0 Å². The number of hydrogen-bond acceptors (Lipinski definition) is 4. The molecule has 7 nitrogen and oxygen atoms in total. The van der Waals surface area contributed by atoms with Gasteiger partial charge in [-0.25, -0.2) is 0 Å². The lowest BCUT2D eigenvalue weighted by atomic mass is 10.1. The molecule has 0 aliphatic heterocycles. The minimum atomic E-state index is -0.691. The summed E-state index contributed by atoms with van der Waals surface area (Å²) in [6, 6.07) is 4.68. The van der Waals surface area contributed by atoms with Crippen molar-refractivity contribution in [1.29, 1.82) is 0 Å². The quantitative estimate of drug-likeness (QED) is 0.562. The van der Waals surface area contributed by atoms with E-state index in [1.54, 1.807) is 0 Å². The van der Waals surface area contributed by atoms with E-state index in [0.29, 0.717) is 24.7 Å². The maximum atomic E-state index is 11.8. The zero-order chi connectivity index (χ0) is 15.4. The van der Waals surface area contributed by atoms with E-state index in [4.69, 9.17) is 11.5 Å². The maximum absolute atomic E-state index is 11.8. The number of primary amides is 2. The van der Waals surface area contributed by atoms with Crippen LogP contribution < -0.4 is 22.1 Å². The van der Waals surface area contributed by atoms with Crippen molar-refractivity contribution in [3.05, 3.63) is 29.3 Å². The van der Waals surface area contributed by atoms with Gasteiger partial charge in [-0.15, -0.1) is 0 Å². The molecular weight excluding hydrogens is 272 g/mol. The van der Waals surface area contributed by atoms with E-state index in [9.17, 15) is 14.4 Å². The summed E-state index contributed by atoms with van der Waals surface area (Å²) >= 11 is 0. The van der Waals surface area contributed by atoms with Gasteiger partial charge in [0, 0.05) is 35.8 Å². The van der Waals surface area contributed by atoms with E-state index in [1.807, 2.05) is 0 Å². The first-order chi connectivity index (χ1) is 9.95.